The van der Waals surface area contributed by atoms with Gasteiger partial charge in [-0.15, -0.1) is 0 Å². The third-order valence-electron chi connectivity index (χ3n) is 0.514. The van der Waals surface area contributed by atoms with Gasteiger partial charge in [0.2, 0.25) is 0 Å². The summed E-state index contributed by atoms with van der Waals surface area (Å²) < 4.78 is 0. The van der Waals surface area contributed by atoms with E-state index in [0.717, 1.165) is 6.92 Å². The molecule has 1 aromatic rings. The quantitative estimate of drug-likeness (QED) is 0.338. The van der Waals surface area contributed by atoms with E-state index in [1.165, 1.54) is 0 Å². The Morgan fingerprint density at radius 3 is 1.91 bits per heavy atom. The smallest absolute Gasteiger partial charge is 0.481 e. The molecule has 0 bridgehead atoms. The molecule has 0 aliphatic heterocycles. The molecular formula is C7H8LiNO2. The Morgan fingerprint density at radius 2 is 1.82 bits per heavy atom. The summed E-state index contributed by atoms with van der Waals surface area (Å²) >= 11 is 0. The van der Waals surface area contributed by atoms with Gasteiger partial charge in [0.05, 0.1) is 0 Å². The number of pyridine rings is 1. The van der Waals surface area contributed by atoms with Crippen molar-refractivity contribution in [2.24, 2.45) is 0 Å². The Bertz CT molecular complexity index is 148. The molecule has 11 heavy (non-hydrogen) atoms. The first-order valence-corrected chi connectivity index (χ1v) is 2.69. The van der Waals surface area contributed by atoms with Crippen molar-refractivity contribution < 1.29 is 28.8 Å². The number of rotatable bonds is 0. The van der Waals surface area contributed by atoms with Crippen LogP contribution in [0.15, 0.2) is 24.5 Å². The molecule has 54 valence electrons. The minimum absolute atomic E-state index is 0. The van der Waals surface area contributed by atoms with E-state index in [2.05, 4.69) is 11.1 Å². The molecular weight excluding hydrogens is 137 g/mol. The molecule has 0 atom stereocenters. The standard InChI is InChI=1S/C5H4N.C2H4O2.Li/c1-2-4-6-5-3-1;1-2(3)4;/h2-5H;1H3,(H,3,4);/q-1;;+1. The minimum Gasteiger partial charge on any atom is -0.481 e. The van der Waals surface area contributed by atoms with Crippen molar-refractivity contribution in [2.45, 2.75) is 6.92 Å². The summed E-state index contributed by atoms with van der Waals surface area (Å²) in [5.41, 5.74) is 0. The van der Waals surface area contributed by atoms with E-state index in [-0.39, 0.29) is 18.9 Å². The second-order valence-electron chi connectivity index (χ2n) is 1.47. The van der Waals surface area contributed by atoms with E-state index in [0.29, 0.717) is 0 Å². The van der Waals surface area contributed by atoms with Crippen LogP contribution in [-0.2, 0) is 4.79 Å². The molecule has 3 nitrogen and oxygen atoms in total. The first kappa shape index (κ1) is 12.9. The molecule has 0 radical (unpaired) electrons. The third kappa shape index (κ3) is 17.6. The summed E-state index contributed by atoms with van der Waals surface area (Å²) in [5, 5.41) is 7.42. The molecule has 1 heterocycles. The predicted molar refractivity (Wildman–Crippen MR) is 36.4 cm³/mol. The van der Waals surface area contributed by atoms with Crippen molar-refractivity contribution in [1.29, 1.82) is 0 Å². The van der Waals surface area contributed by atoms with E-state index in [9.17, 15) is 0 Å². The number of nitrogens with zero attached hydrogens (tertiary/aromatic N) is 1. The normalized spacial score (nSPS) is 6.64. The Morgan fingerprint density at radius 1 is 1.45 bits per heavy atom. The van der Waals surface area contributed by atoms with Gasteiger partial charge < -0.3 is 10.1 Å². The van der Waals surface area contributed by atoms with Crippen LogP contribution in [0.3, 0.4) is 0 Å². The van der Waals surface area contributed by atoms with Gasteiger partial charge in [-0.2, -0.15) is 18.2 Å². The van der Waals surface area contributed by atoms with E-state index in [1.807, 2.05) is 0 Å². The van der Waals surface area contributed by atoms with Gasteiger partial charge in [-0.1, -0.05) is 12.4 Å². The topological polar surface area (TPSA) is 50.2 Å². The van der Waals surface area contributed by atoms with Crippen LogP contribution >= 0.6 is 0 Å². The molecule has 0 saturated heterocycles. The fraction of sp³-hybridized carbons (Fsp3) is 0.143. The molecule has 1 N–H and O–H groups in total. The van der Waals surface area contributed by atoms with Crippen LogP contribution in [0.1, 0.15) is 6.92 Å². The fourth-order valence-electron chi connectivity index (χ4n) is 0.277. The summed E-state index contributed by atoms with van der Waals surface area (Å²) in [4.78, 5) is 12.8. The van der Waals surface area contributed by atoms with Crippen molar-refractivity contribution >= 4 is 5.97 Å². The fourth-order valence-corrected chi connectivity index (χ4v) is 0.277. The van der Waals surface area contributed by atoms with Gasteiger partial charge in [0, 0.05) is 6.92 Å². The molecule has 0 aromatic carbocycles. The Balaban J connectivity index is 0. The largest absolute Gasteiger partial charge is 1.00 e. The summed E-state index contributed by atoms with van der Waals surface area (Å²) in [5.74, 6) is -0.833. The van der Waals surface area contributed by atoms with Crippen LogP contribution in [0.5, 0.6) is 0 Å². The predicted octanol–water partition coefficient (Wildman–Crippen LogP) is -2.02. The molecule has 1 aromatic heterocycles. The summed E-state index contributed by atoms with van der Waals surface area (Å²) in [6, 6.07) is 6.36. The number of carboxylic acid groups (broad SMARTS) is 1. The third-order valence-corrected chi connectivity index (χ3v) is 0.514. The van der Waals surface area contributed by atoms with E-state index >= 15 is 0 Å². The van der Waals surface area contributed by atoms with Gasteiger partial charge in [-0.3, -0.25) is 4.79 Å². The number of aromatic nitrogens is 1. The van der Waals surface area contributed by atoms with Crippen LogP contribution < -0.4 is 18.9 Å². The van der Waals surface area contributed by atoms with Crippen molar-refractivity contribution in [3.63, 3.8) is 0 Å². The van der Waals surface area contributed by atoms with Gasteiger partial charge in [0.25, 0.3) is 5.97 Å². The molecule has 0 amide bonds. The number of aliphatic carboxylic acids is 1. The second kappa shape index (κ2) is 9.22. The summed E-state index contributed by atoms with van der Waals surface area (Å²) in [6.45, 7) is 1.08. The van der Waals surface area contributed by atoms with Crippen LogP contribution in [0, 0.1) is 6.07 Å². The number of hydrogen-bond acceptors (Lipinski definition) is 2. The number of carboxylic acids is 1. The van der Waals surface area contributed by atoms with Gasteiger partial charge in [0.1, 0.15) is 0 Å². The van der Waals surface area contributed by atoms with Crippen molar-refractivity contribution in [1.82, 2.24) is 4.98 Å². The molecule has 0 spiro atoms. The van der Waals surface area contributed by atoms with E-state index < -0.39 is 5.97 Å². The maximum Gasteiger partial charge on any atom is 1.00 e. The zero-order chi connectivity index (χ0) is 7.82. The van der Waals surface area contributed by atoms with Crippen LogP contribution in [-0.4, -0.2) is 16.1 Å². The minimum atomic E-state index is -0.833. The molecule has 0 aliphatic rings. The summed E-state index contributed by atoms with van der Waals surface area (Å²) in [6.07, 6.45) is 3.39. The second-order valence-corrected chi connectivity index (χ2v) is 1.47. The maximum absolute atomic E-state index is 9.00. The van der Waals surface area contributed by atoms with E-state index in [4.69, 9.17) is 9.90 Å². The van der Waals surface area contributed by atoms with Gasteiger partial charge in [0.15, 0.2) is 0 Å². The molecule has 0 saturated carbocycles. The monoisotopic (exact) mass is 145 g/mol. The first-order valence-electron chi connectivity index (χ1n) is 2.69. The molecule has 1 rings (SSSR count). The molecule has 4 heteroatoms. The SMILES string of the molecule is CC(=O)O.[Li+].[c-]1ccncc1. The molecule has 0 unspecified atom stereocenters. The Hall–Kier alpha value is -0.783. The molecule has 0 aliphatic carbocycles. The maximum atomic E-state index is 9.00. The average Bonchev–Trinajstić information content (AvgIpc) is 1.90. The Kier molecular flexibility index (Phi) is 10.8. The number of carbonyl (C=O) groups is 1. The Labute approximate surface area is 77.6 Å². The number of hydrogen-bond donors (Lipinski definition) is 1. The van der Waals surface area contributed by atoms with Crippen LogP contribution in [0.25, 0.3) is 0 Å². The van der Waals surface area contributed by atoms with E-state index in [1.54, 1.807) is 24.5 Å². The first-order chi connectivity index (χ1) is 4.73. The zero-order valence-corrected chi connectivity index (χ0v) is 6.61. The van der Waals surface area contributed by atoms with Crippen molar-refractivity contribution in [3.8, 4) is 0 Å². The zero-order valence-electron chi connectivity index (χ0n) is 6.61. The van der Waals surface area contributed by atoms with Crippen LogP contribution in [0.4, 0.5) is 0 Å². The average molecular weight is 145 g/mol. The summed E-state index contributed by atoms with van der Waals surface area (Å²) in [7, 11) is 0. The van der Waals surface area contributed by atoms with Gasteiger partial charge in [-0.25, -0.2) is 0 Å². The van der Waals surface area contributed by atoms with Crippen LogP contribution in [0.2, 0.25) is 0 Å². The van der Waals surface area contributed by atoms with Gasteiger partial charge >= 0.3 is 18.9 Å². The molecule has 0 fully saturated rings. The van der Waals surface area contributed by atoms with Crippen molar-refractivity contribution in [2.75, 3.05) is 0 Å². The van der Waals surface area contributed by atoms with Gasteiger partial charge in [-0.05, 0) is 0 Å². The van der Waals surface area contributed by atoms with Crippen molar-refractivity contribution in [3.05, 3.63) is 30.6 Å².